The van der Waals surface area contributed by atoms with Crippen molar-refractivity contribution in [2.75, 3.05) is 19.0 Å². The molecule has 0 radical (unpaired) electrons. The third-order valence-electron chi connectivity index (χ3n) is 2.06. The largest absolute Gasteiger partial charge is 0.299 e. The van der Waals surface area contributed by atoms with Crippen molar-refractivity contribution in [2.24, 2.45) is 0 Å². The molecule has 0 aromatic heterocycles. The van der Waals surface area contributed by atoms with Crippen LogP contribution in [0.2, 0.25) is 0 Å². The van der Waals surface area contributed by atoms with Gasteiger partial charge in [-0.1, -0.05) is 0 Å². The zero-order valence-corrected chi connectivity index (χ0v) is 7.92. The predicted octanol–water partition coefficient (Wildman–Crippen LogP) is 2.13. The number of halogens is 2. The molecule has 10 heavy (non-hydrogen) atoms. The van der Waals surface area contributed by atoms with Gasteiger partial charge < -0.3 is 0 Å². The standard InChI is InChI=1S/C7H14ClN.ClH/c1-7-3-2-5-9(7)6-4-8;/h7H,2-6H2,1H3;1H. The molecule has 1 unspecified atom stereocenters. The lowest BCUT2D eigenvalue weighted by molar-refractivity contribution is 0.285. The molecule has 3 heteroatoms. The Labute approximate surface area is 74.1 Å². The van der Waals surface area contributed by atoms with Gasteiger partial charge in [-0.3, -0.25) is 4.90 Å². The van der Waals surface area contributed by atoms with Crippen molar-refractivity contribution in [3.8, 4) is 0 Å². The van der Waals surface area contributed by atoms with E-state index in [9.17, 15) is 0 Å². The second kappa shape index (κ2) is 5.22. The van der Waals surface area contributed by atoms with Gasteiger partial charge in [-0.2, -0.15) is 0 Å². The van der Waals surface area contributed by atoms with Crippen LogP contribution in [0.1, 0.15) is 19.8 Å². The Morgan fingerprint density at radius 1 is 1.60 bits per heavy atom. The van der Waals surface area contributed by atoms with E-state index in [0.717, 1.165) is 18.5 Å². The van der Waals surface area contributed by atoms with Crippen LogP contribution in [0, 0.1) is 0 Å². The van der Waals surface area contributed by atoms with Crippen molar-refractivity contribution in [1.82, 2.24) is 4.90 Å². The van der Waals surface area contributed by atoms with Gasteiger partial charge in [0, 0.05) is 18.5 Å². The lowest BCUT2D eigenvalue weighted by Crippen LogP contribution is -2.28. The summed E-state index contributed by atoms with van der Waals surface area (Å²) < 4.78 is 0. The molecular weight excluding hydrogens is 169 g/mol. The Morgan fingerprint density at radius 2 is 2.30 bits per heavy atom. The van der Waals surface area contributed by atoms with E-state index in [1.807, 2.05) is 0 Å². The minimum Gasteiger partial charge on any atom is -0.299 e. The average Bonchev–Trinajstić information content (AvgIpc) is 2.18. The minimum atomic E-state index is 0. The molecule has 0 aromatic carbocycles. The molecule has 0 aromatic rings. The maximum Gasteiger partial charge on any atom is 0.0351 e. The maximum atomic E-state index is 5.61. The van der Waals surface area contributed by atoms with E-state index in [2.05, 4.69) is 11.8 Å². The van der Waals surface area contributed by atoms with E-state index in [-0.39, 0.29) is 12.4 Å². The second-order valence-corrected chi connectivity index (χ2v) is 3.09. The maximum absolute atomic E-state index is 5.61. The molecule has 0 aliphatic carbocycles. The topological polar surface area (TPSA) is 3.24 Å². The van der Waals surface area contributed by atoms with Crippen LogP contribution >= 0.6 is 24.0 Å². The van der Waals surface area contributed by atoms with Gasteiger partial charge in [-0.15, -0.1) is 24.0 Å². The molecule has 1 atom stereocenters. The van der Waals surface area contributed by atoms with Crippen LogP contribution in [-0.4, -0.2) is 29.9 Å². The van der Waals surface area contributed by atoms with Gasteiger partial charge in [0.1, 0.15) is 0 Å². The second-order valence-electron chi connectivity index (χ2n) is 2.72. The molecule has 0 bridgehead atoms. The summed E-state index contributed by atoms with van der Waals surface area (Å²) in [6.07, 6.45) is 2.72. The van der Waals surface area contributed by atoms with Crippen molar-refractivity contribution in [2.45, 2.75) is 25.8 Å². The SMILES string of the molecule is CC1CCCN1CCCl.Cl. The molecule has 1 aliphatic heterocycles. The summed E-state index contributed by atoms with van der Waals surface area (Å²) in [6.45, 7) is 4.61. The highest BCUT2D eigenvalue weighted by Gasteiger charge is 2.18. The highest BCUT2D eigenvalue weighted by atomic mass is 35.5. The Hall–Kier alpha value is 0.540. The molecule has 1 heterocycles. The van der Waals surface area contributed by atoms with Gasteiger partial charge in [0.05, 0.1) is 0 Å². The summed E-state index contributed by atoms with van der Waals surface area (Å²) >= 11 is 5.61. The van der Waals surface area contributed by atoms with Crippen molar-refractivity contribution >= 4 is 24.0 Å². The first-order chi connectivity index (χ1) is 4.34. The van der Waals surface area contributed by atoms with Gasteiger partial charge in [-0.05, 0) is 26.3 Å². The number of rotatable bonds is 2. The van der Waals surface area contributed by atoms with Crippen LogP contribution in [0.25, 0.3) is 0 Å². The normalized spacial score (nSPS) is 26.4. The predicted molar refractivity (Wildman–Crippen MR) is 48.2 cm³/mol. The minimum absolute atomic E-state index is 0. The Kier molecular flexibility index (Phi) is 5.51. The van der Waals surface area contributed by atoms with E-state index < -0.39 is 0 Å². The highest BCUT2D eigenvalue weighted by molar-refractivity contribution is 6.18. The first-order valence-corrected chi connectivity index (χ1v) is 4.18. The van der Waals surface area contributed by atoms with Crippen LogP contribution in [-0.2, 0) is 0 Å². The summed E-state index contributed by atoms with van der Waals surface area (Å²) in [5.74, 6) is 0.782. The fraction of sp³-hybridized carbons (Fsp3) is 1.00. The fourth-order valence-corrected chi connectivity index (χ4v) is 1.65. The summed E-state index contributed by atoms with van der Waals surface area (Å²) in [4.78, 5) is 2.45. The Bertz CT molecular complexity index is 87.7. The summed E-state index contributed by atoms with van der Waals surface area (Å²) in [5, 5.41) is 0. The molecule has 1 saturated heterocycles. The highest BCUT2D eigenvalue weighted by Crippen LogP contribution is 2.15. The summed E-state index contributed by atoms with van der Waals surface area (Å²) in [6, 6.07) is 0.781. The molecular formula is C7H15Cl2N. The Morgan fingerprint density at radius 3 is 2.70 bits per heavy atom. The van der Waals surface area contributed by atoms with Crippen molar-refractivity contribution in [3.63, 3.8) is 0 Å². The fourth-order valence-electron chi connectivity index (χ4n) is 1.43. The van der Waals surface area contributed by atoms with Crippen LogP contribution in [0.4, 0.5) is 0 Å². The molecule has 0 spiro atoms. The van der Waals surface area contributed by atoms with Crippen LogP contribution in [0.15, 0.2) is 0 Å². The first-order valence-electron chi connectivity index (χ1n) is 3.64. The van der Waals surface area contributed by atoms with Crippen LogP contribution in [0.5, 0.6) is 0 Å². The van der Waals surface area contributed by atoms with E-state index in [1.54, 1.807) is 0 Å². The van der Waals surface area contributed by atoms with Crippen molar-refractivity contribution in [1.29, 1.82) is 0 Å². The lowest BCUT2D eigenvalue weighted by Gasteiger charge is -2.18. The van der Waals surface area contributed by atoms with Crippen molar-refractivity contribution in [3.05, 3.63) is 0 Å². The van der Waals surface area contributed by atoms with Gasteiger partial charge >= 0.3 is 0 Å². The molecule has 1 fully saturated rings. The van der Waals surface area contributed by atoms with E-state index in [0.29, 0.717) is 0 Å². The summed E-state index contributed by atoms with van der Waals surface area (Å²) in [7, 11) is 0. The summed E-state index contributed by atoms with van der Waals surface area (Å²) in [5.41, 5.74) is 0. The molecule has 62 valence electrons. The monoisotopic (exact) mass is 183 g/mol. The van der Waals surface area contributed by atoms with Gasteiger partial charge in [-0.25, -0.2) is 0 Å². The Balaban J connectivity index is 0.000000810. The molecule has 1 nitrogen and oxygen atoms in total. The third kappa shape index (κ3) is 2.65. The van der Waals surface area contributed by atoms with Gasteiger partial charge in [0.2, 0.25) is 0 Å². The number of hydrogen-bond acceptors (Lipinski definition) is 1. The zero-order chi connectivity index (χ0) is 6.69. The number of likely N-dealkylation sites (tertiary alicyclic amines) is 1. The van der Waals surface area contributed by atoms with Crippen molar-refractivity contribution < 1.29 is 0 Å². The molecule has 1 aliphatic rings. The van der Waals surface area contributed by atoms with Gasteiger partial charge in [0.15, 0.2) is 0 Å². The molecule has 0 saturated carbocycles. The molecule has 0 amide bonds. The van der Waals surface area contributed by atoms with Crippen LogP contribution in [0.3, 0.4) is 0 Å². The smallest absolute Gasteiger partial charge is 0.0351 e. The van der Waals surface area contributed by atoms with Crippen LogP contribution < -0.4 is 0 Å². The number of alkyl halides is 1. The van der Waals surface area contributed by atoms with E-state index in [4.69, 9.17) is 11.6 Å². The number of nitrogens with zero attached hydrogens (tertiary/aromatic N) is 1. The van der Waals surface area contributed by atoms with E-state index in [1.165, 1.54) is 19.4 Å². The molecule has 0 N–H and O–H groups in total. The lowest BCUT2D eigenvalue weighted by atomic mass is 10.2. The molecule has 1 rings (SSSR count). The average molecular weight is 184 g/mol. The third-order valence-corrected chi connectivity index (χ3v) is 2.23. The zero-order valence-electron chi connectivity index (χ0n) is 6.35. The quantitative estimate of drug-likeness (QED) is 0.594. The van der Waals surface area contributed by atoms with Gasteiger partial charge in [0.25, 0.3) is 0 Å². The number of hydrogen-bond donors (Lipinski definition) is 0. The van der Waals surface area contributed by atoms with E-state index >= 15 is 0 Å². The first kappa shape index (κ1) is 10.5.